The van der Waals surface area contributed by atoms with E-state index in [1.54, 1.807) is 13.2 Å². The van der Waals surface area contributed by atoms with E-state index in [-0.39, 0.29) is 0 Å². The van der Waals surface area contributed by atoms with Gasteiger partial charge in [0.05, 0.1) is 7.11 Å². The standard InChI is InChI=1S/C15H19NO2/c1-11-6-7-12(2)14(18-3)13(11)15(16-10-17)8-4-5-9-15/h6-7H,4-5,8-9H2,1-3H3. The molecule has 0 aliphatic heterocycles. The first-order chi connectivity index (χ1) is 8.64. The monoisotopic (exact) mass is 245 g/mol. The molecule has 0 saturated heterocycles. The summed E-state index contributed by atoms with van der Waals surface area (Å²) in [4.78, 5) is 15.0. The Kier molecular flexibility index (Phi) is 3.53. The Hall–Kier alpha value is -1.60. The number of nitrogens with zero attached hydrogens (tertiary/aromatic N) is 1. The number of aryl methyl sites for hydroxylation is 2. The van der Waals surface area contributed by atoms with E-state index in [4.69, 9.17) is 4.74 Å². The van der Waals surface area contributed by atoms with Crippen LogP contribution in [-0.4, -0.2) is 13.2 Å². The van der Waals surface area contributed by atoms with Crippen LogP contribution in [-0.2, 0) is 10.3 Å². The number of hydrogen-bond acceptors (Lipinski definition) is 3. The molecule has 1 aromatic rings. The van der Waals surface area contributed by atoms with E-state index in [1.807, 2.05) is 13.0 Å². The Balaban J connectivity index is 2.68. The van der Waals surface area contributed by atoms with Gasteiger partial charge in [0.25, 0.3) is 0 Å². The zero-order valence-electron chi connectivity index (χ0n) is 11.2. The van der Waals surface area contributed by atoms with Gasteiger partial charge in [-0.05, 0) is 37.8 Å². The van der Waals surface area contributed by atoms with Crippen molar-refractivity contribution in [1.29, 1.82) is 0 Å². The summed E-state index contributed by atoms with van der Waals surface area (Å²) >= 11 is 0. The lowest BCUT2D eigenvalue weighted by Gasteiger charge is -2.28. The number of methoxy groups -OCH3 is 1. The Labute approximate surface area is 108 Å². The molecule has 0 bridgehead atoms. The van der Waals surface area contributed by atoms with Crippen LogP contribution in [0.2, 0.25) is 0 Å². The molecular formula is C15H19NO2. The molecule has 96 valence electrons. The molecule has 1 fully saturated rings. The first kappa shape index (κ1) is 12.8. The number of carbonyl (C=O) groups excluding carboxylic acids is 1. The highest BCUT2D eigenvalue weighted by Gasteiger charge is 2.39. The first-order valence-corrected chi connectivity index (χ1v) is 6.38. The highest BCUT2D eigenvalue weighted by atomic mass is 16.5. The number of ether oxygens (including phenoxy) is 1. The fourth-order valence-electron chi connectivity index (χ4n) is 3.09. The van der Waals surface area contributed by atoms with Crippen LogP contribution in [0.5, 0.6) is 5.75 Å². The normalized spacial score (nSPS) is 17.3. The minimum atomic E-state index is -0.413. The van der Waals surface area contributed by atoms with E-state index in [0.29, 0.717) is 0 Å². The first-order valence-electron chi connectivity index (χ1n) is 6.38. The largest absolute Gasteiger partial charge is 0.496 e. The molecule has 1 aromatic carbocycles. The molecule has 0 spiro atoms. The molecule has 1 aliphatic carbocycles. The minimum absolute atomic E-state index is 0.413. The van der Waals surface area contributed by atoms with Crippen molar-refractivity contribution >= 4 is 6.08 Å². The van der Waals surface area contributed by atoms with Crippen molar-refractivity contribution < 1.29 is 9.53 Å². The maximum atomic E-state index is 10.8. The Morgan fingerprint density at radius 2 is 1.83 bits per heavy atom. The van der Waals surface area contributed by atoms with E-state index >= 15 is 0 Å². The second-order valence-electron chi connectivity index (χ2n) is 5.05. The van der Waals surface area contributed by atoms with Gasteiger partial charge in [-0.25, -0.2) is 4.79 Å². The molecule has 0 aromatic heterocycles. The van der Waals surface area contributed by atoms with Gasteiger partial charge in [0.1, 0.15) is 11.3 Å². The molecule has 1 saturated carbocycles. The van der Waals surface area contributed by atoms with Crippen LogP contribution in [0.3, 0.4) is 0 Å². The molecule has 0 unspecified atom stereocenters. The van der Waals surface area contributed by atoms with Crippen LogP contribution in [0.4, 0.5) is 0 Å². The average molecular weight is 245 g/mol. The maximum Gasteiger partial charge on any atom is 0.235 e. The van der Waals surface area contributed by atoms with Crippen LogP contribution in [0.15, 0.2) is 17.1 Å². The molecular weight excluding hydrogens is 226 g/mol. The van der Waals surface area contributed by atoms with Crippen molar-refractivity contribution in [2.45, 2.75) is 45.1 Å². The highest BCUT2D eigenvalue weighted by Crippen LogP contribution is 2.47. The fraction of sp³-hybridized carbons (Fsp3) is 0.533. The number of isocyanates is 1. The van der Waals surface area contributed by atoms with Crippen molar-refractivity contribution in [3.05, 3.63) is 28.8 Å². The molecule has 0 heterocycles. The van der Waals surface area contributed by atoms with Gasteiger partial charge in [-0.1, -0.05) is 25.0 Å². The fourth-order valence-corrected chi connectivity index (χ4v) is 3.09. The van der Waals surface area contributed by atoms with Crippen LogP contribution in [0.25, 0.3) is 0 Å². The molecule has 0 atom stereocenters. The molecule has 3 heteroatoms. The molecule has 0 amide bonds. The van der Waals surface area contributed by atoms with E-state index in [0.717, 1.165) is 48.1 Å². The Bertz CT molecular complexity index is 495. The summed E-state index contributed by atoms with van der Waals surface area (Å²) in [7, 11) is 1.68. The summed E-state index contributed by atoms with van der Waals surface area (Å²) in [6.45, 7) is 4.08. The van der Waals surface area contributed by atoms with Crippen LogP contribution in [0.1, 0.15) is 42.4 Å². The summed E-state index contributed by atoms with van der Waals surface area (Å²) in [6, 6.07) is 4.12. The molecule has 18 heavy (non-hydrogen) atoms. The van der Waals surface area contributed by atoms with Gasteiger partial charge < -0.3 is 4.74 Å². The Morgan fingerprint density at radius 3 is 2.39 bits per heavy atom. The second-order valence-corrected chi connectivity index (χ2v) is 5.05. The smallest absolute Gasteiger partial charge is 0.235 e. The van der Waals surface area contributed by atoms with Crippen LogP contribution < -0.4 is 4.74 Å². The van der Waals surface area contributed by atoms with Gasteiger partial charge in [-0.2, -0.15) is 4.99 Å². The number of rotatable bonds is 3. The van der Waals surface area contributed by atoms with Gasteiger partial charge in [-0.3, -0.25) is 0 Å². The highest BCUT2D eigenvalue weighted by molar-refractivity contribution is 5.52. The van der Waals surface area contributed by atoms with Crippen molar-refractivity contribution in [2.24, 2.45) is 4.99 Å². The zero-order valence-corrected chi connectivity index (χ0v) is 11.2. The lowest BCUT2D eigenvalue weighted by Crippen LogP contribution is -2.22. The summed E-state index contributed by atoms with van der Waals surface area (Å²) in [5, 5.41) is 0. The van der Waals surface area contributed by atoms with Gasteiger partial charge in [0.15, 0.2) is 0 Å². The van der Waals surface area contributed by atoms with Crippen molar-refractivity contribution in [3.63, 3.8) is 0 Å². The minimum Gasteiger partial charge on any atom is -0.496 e. The average Bonchev–Trinajstić information content (AvgIpc) is 2.81. The zero-order chi connectivity index (χ0) is 13.2. The van der Waals surface area contributed by atoms with Crippen molar-refractivity contribution in [2.75, 3.05) is 7.11 Å². The molecule has 1 aliphatic rings. The topological polar surface area (TPSA) is 38.7 Å². The Morgan fingerprint density at radius 1 is 1.22 bits per heavy atom. The SMILES string of the molecule is COc1c(C)ccc(C)c1C1(N=C=O)CCCC1. The van der Waals surface area contributed by atoms with Gasteiger partial charge in [0.2, 0.25) is 6.08 Å². The summed E-state index contributed by atoms with van der Waals surface area (Å²) in [5.41, 5.74) is 2.89. The summed E-state index contributed by atoms with van der Waals surface area (Å²) < 4.78 is 5.55. The number of aliphatic imine (C=N–C) groups is 1. The van der Waals surface area contributed by atoms with E-state index < -0.39 is 5.54 Å². The summed E-state index contributed by atoms with van der Waals surface area (Å²) in [6.07, 6.45) is 5.78. The summed E-state index contributed by atoms with van der Waals surface area (Å²) in [5.74, 6) is 0.871. The number of hydrogen-bond donors (Lipinski definition) is 0. The van der Waals surface area contributed by atoms with Gasteiger partial charge >= 0.3 is 0 Å². The quantitative estimate of drug-likeness (QED) is 0.604. The van der Waals surface area contributed by atoms with Gasteiger partial charge in [0, 0.05) is 5.56 Å². The van der Waals surface area contributed by atoms with E-state index in [2.05, 4.69) is 18.0 Å². The van der Waals surface area contributed by atoms with Crippen LogP contribution in [0, 0.1) is 13.8 Å². The molecule has 0 radical (unpaired) electrons. The lowest BCUT2D eigenvalue weighted by atomic mass is 9.84. The third kappa shape index (κ3) is 1.95. The lowest BCUT2D eigenvalue weighted by molar-refractivity contribution is 0.375. The van der Waals surface area contributed by atoms with Gasteiger partial charge in [-0.15, -0.1) is 0 Å². The van der Waals surface area contributed by atoms with Crippen molar-refractivity contribution in [3.8, 4) is 5.75 Å². The predicted octanol–water partition coefficient (Wildman–Crippen LogP) is 3.42. The predicted molar refractivity (Wildman–Crippen MR) is 70.7 cm³/mol. The van der Waals surface area contributed by atoms with E-state index in [9.17, 15) is 4.79 Å². The molecule has 3 nitrogen and oxygen atoms in total. The third-order valence-electron chi connectivity index (χ3n) is 3.92. The van der Waals surface area contributed by atoms with E-state index in [1.165, 1.54) is 0 Å². The maximum absolute atomic E-state index is 10.8. The second kappa shape index (κ2) is 4.95. The van der Waals surface area contributed by atoms with Crippen LogP contribution >= 0.6 is 0 Å². The number of benzene rings is 1. The van der Waals surface area contributed by atoms with Crippen molar-refractivity contribution in [1.82, 2.24) is 0 Å². The molecule has 2 rings (SSSR count). The molecule has 0 N–H and O–H groups in total. The third-order valence-corrected chi connectivity index (χ3v) is 3.92.